The average molecular weight is 289 g/mol. The van der Waals surface area contributed by atoms with E-state index in [1.807, 2.05) is 0 Å². The van der Waals surface area contributed by atoms with Crippen molar-refractivity contribution in [1.29, 1.82) is 0 Å². The molecule has 5 heteroatoms. The van der Waals surface area contributed by atoms with Crippen molar-refractivity contribution >= 4 is 17.4 Å². The molecule has 0 N–H and O–H groups in total. The maximum atomic E-state index is 13.0. The molecule has 0 spiro atoms. The number of ether oxygens (including phenoxy) is 2. The van der Waals surface area contributed by atoms with Gasteiger partial charge < -0.3 is 14.4 Å². The summed E-state index contributed by atoms with van der Waals surface area (Å²) >= 11 is 0. The minimum atomic E-state index is -1.44. The van der Waals surface area contributed by atoms with Gasteiger partial charge in [0.15, 0.2) is 0 Å². The van der Waals surface area contributed by atoms with Crippen molar-refractivity contribution < 1.29 is 19.1 Å². The van der Waals surface area contributed by atoms with E-state index in [2.05, 4.69) is 6.58 Å². The lowest BCUT2D eigenvalue weighted by Crippen LogP contribution is -2.59. The zero-order valence-corrected chi connectivity index (χ0v) is 12.7. The SMILES string of the molecule is C=CC(C)C1(C(=O)OC)C(=O)c2c(OC)cccc2N1C. The highest BCUT2D eigenvalue weighted by molar-refractivity contribution is 6.26. The van der Waals surface area contributed by atoms with Crippen LogP contribution in [0.25, 0.3) is 0 Å². The van der Waals surface area contributed by atoms with Crippen molar-refractivity contribution in [2.45, 2.75) is 12.5 Å². The Morgan fingerprint density at radius 2 is 2.10 bits per heavy atom. The molecule has 112 valence electrons. The topological polar surface area (TPSA) is 55.8 Å². The number of esters is 1. The highest BCUT2D eigenvalue weighted by Gasteiger charge is 2.60. The summed E-state index contributed by atoms with van der Waals surface area (Å²) in [7, 11) is 4.49. The number of methoxy groups -OCH3 is 2. The van der Waals surface area contributed by atoms with Crippen LogP contribution in [-0.4, -0.2) is 38.6 Å². The van der Waals surface area contributed by atoms with Gasteiger partial charge >= 0.3 is 5.97 Å². The first-order valence-electron chi connectivity index (χ1n) is 6.63. The molecule has 0 amide bonds. The Kier molecular flexibility index (Phi) is 3.77. The summed E-state index contributed by atoms with van der Waals surface area (Å²) in [5.41, 5.74) is -0.381. The Labute approximate surface area is 124 Å². The Hall–Kier alpha value is -2.30. The molecule has 2 rings (SSSR count). The van der Waals surface area contributed by atoms with Gasteiger partial charge in [0.05, 0.1) is 25.5 Å². The molecule has 0 saturated carbocycles. The number of hydrogen-bond donors (Lipinski definition) is 0. The summed E-state index contributed by atoms with van der Waals surface area (Å²) in [6.45, 7) is 5.50. The average Bonchev–Trinajstić information content (AvgIpc) is 2.75. The molecule has 2 atom stereocenters. The van der Waals surface area contributed by atoms with Crippen LogP contribution < -0.4 is 9.64 Å². The first kappa shape index (κ1) is 15.1. The van der Waals surface area contributed by atoms with E-state index < -0.39 is 17.4 Å². The fourth-order valence-corrected chi connectivity index (χ4v) is 2.98. The van der Waals surface area contributed by atoms with Crippen molar-refractivity contribution in [2.24, 2.45) is 5.92 Å². The predicted molar refractivity (Wildman–Crippen MR) is 79.8 cm³/mol. The molecule has 21 heavy (non-hydrogen) atoms. The maximum absolute atomic E-state index is 13.0. The molecular formula is C16H19NO4. The number of hydrogen-bond acceptors (Lipinski definition) is 5. The Balaban J connectivity index is 2.74. The summed E-state index contributed by atoms with van der Waals surface area (Å²) < 4.78 is 10.2. The molecule has 0 radical (unpaired) electrons. The van der Waals surface area contributed by atoms with E-state index in [1.165, 1.54) is 14.2 Å². The van der Waals surface area contributed by atoms with E-state index in [1.54, 1.807) is 43.1 Å². The van der Waals surface area contributed by atoms with Crippen LogP contribution in [0.5, 0.6) is 5.75 Å². The molecule has 1 aliphatic rings. The largest absolute Gasteiger partial charge is 0.496 e. The number of carbonyl (C=O) groups is 2. The third-order valence-corrected chi connectivity index (χ3v) is 4.20. The molecule has 1 aromatic rings. The van der Waals surface area contributed by atoms with Crippen molar-refractivity contribution in [3.63, 3.8) is 0 Å². The van der Waals surface area contributed by atoms with Crippen LogP contribution in [0.1, 0.15) is 17.3 Å². The van der Waals surface area contributed by atoms with Crippen LogP contribution >= 0.6 is 0 Å². The van der Waals surface area contributed by atoms with Gasteiger partial charge in [-0.25, -0.2) is 4.79 Å². The number of ketones is 1. The minimum absolute atomic E-state index is 0.322. The molecule has 0 fully saturated rings. The molecule has 0 saturated heterocycles. The molecule has 5 nitrogen and oxygen atoms in total. The smallest absolute Gasteiger partial charge is 0.340 e. The highest BCUT2D eigenvalue weighted by atomic mass is 16.5. The Morgan fingerprint density at radius 3 is 2.62 bits per heavy atom. The molecule has 0 aromatic heterocycles. The van der Waals surface area contributed by atoms with E-state index in [4.69, 9.17) is 9.47 Å². The second-order valence-electron chi connectivity index (χ2n) is 5.02. The van der Waals surface area contributed by atoms with E-state index in [-0.39, 0.29) is 5.78 Å². The summed E-state index contributed by atoms with van der Waals surface area (Å²) in [5, 5.41) is 0. The van der Waals surface area contributed by atoms with Crippen LogP contribution in [0.15, 0.2) is 30.9 Å². The van der Waals surface area contributed by atoms with Crippen molar-refractivity contribution in [2.75, 3.05) is 26.2 Å². The maximum Gasteiger partial charge on any atom is 0.340 e. The standard InChI is InChI=1S/C16H19NO4/c1-6-10(2)16(15(19)21-5)14(18)13-11(17(16)3)8-7-9-12(13)20-4/h6-10H,1H2,2-5H3. The van der Waals surface area contributed by atoms with Gasteiger partial charge in [-0.1, -0.05) is 19.1 Å². The number of fused-ring (bicyclic) bond motifs is 1. The van der Waals surface area contributed by atoms with E-state index in [0.717, 1.165) is 0 Å². The van der Waals surface area contributed by atoms with Gasteiger partial charge in [-0.05, 0) is 12.1 Å². The van der Waals surface area contributed by atoms with Crippen LogP contribution in [0.3, 0.4) is 0 Å². The van der Waals surface area contributed by atoms with E-state index in [0.29, 0.717) is 17.0 Å². The third kappa shape index (κ3) is 1.77. The molecule has 1 aliphatic heterocycles. The minimum Gasteiger partial charge on any atom is -0.496 e. The molecule has 1 aromatic carbocycles. The predicted octanol–water partition coefficient (Wildman–Crippen LogP) is 2.06. The van der Waals surface area contributed by atoms with Crippen molar-refractivity contribution in [3.8, 4) is 5.75 Å². The zero-order chi connectivity index (χ0) is 15.8. The number of Topliss-reactive ketones (excluding diaryl/α,β-unsaturated/α-hetero) is 1. The van der Waals surface area contributed by atoms with Gasteiger partial charge in [0.1, 0.15) is 5.75 Å². The van der Waals surface area contributed by atoms with Crippen LogP contribution in [0.4, 0.5) is 5.69 Å². The van der Waals surface area contributed by atoms with Gasteiger partial charge in [-0.3, -0.25) is 4.79 Å². The lowest BCUT2D eigenvalue weighted by atomic mass is 9.80. The lowest BCUT2D eigenvalue weighted by Gasteiger charge is -2.36. The van der Waals surface area contributed by atoms with E-state index >= 15 is 0 Å². The van der Waals surface area contributed by atoms with Gasteiger partial charge in [-0.2, -0.15) is 0 Å². The number of nitrogens with zero attached hydrogens (tertiary/aromatic N) is 1. The fraction of sp³-hybridized carbons (Fsp3) is 0.375. The normalized spacial score (nSPS) is 21.7. The van der Waals surface area contributed by atoms with Crippen molar-refractivity contribution in [3.05, 3.63) is 36.4 Å². The highest BCUT2D eigenvalue weighted by Crippen LogP contribution is 2.46. The van der Waals surface area contributed by atoms with Crippen molar-refractivity contribution in [1.82, 2.24) is 0 Å². The van der Waals surface area contributed by atoms with Crippen LogP contribution in [0.2, 0.25) is 0 Å². The summed E-state index contributed by atoms with van der Waals surface area (Å²) in [6.07, 6.45) is 1.59. The third-order valence-electron chi connectivity index (χ3n) is 4.20. The second-order valence-corrected chi connectivity index (χ2v) is 5.02. The zero-order valence-electron chi connectivity index (χ0n) is 12.7. The number of benzene rings is 1. The number of anilines is 1. The van der Waals surface area contributed by atoms with Crippen LogP contribution in [0, 0.1) is 5.92 Å². The molecule has 1 heterocycles. The first-order valence-corrected chi connectivity index (χ1v) is 6.63. The summed E-state index contributed by atoms with van der Waals surface area (Å²) in [4.78, 5) is 27.1. The monoisotopic (exact) mass is 289 g/mol. The fourth-order valence-electron chi connectivity index (χ4n) is 2.98. The van der Waals surface area contributed by atoms with Gasteiger partial charge in [0.25, 0.3) is 0 Å². The summed E-state index contributed by atoms with van der Waals surface area (Å²) in [5.74, 6) is -0.886. The Morgan fingerprint density at radius 1 is 1.43 bits per heavy atom. The first-order chi connectivity index (χ1) is 9.96. The molecule has 0 aliphatic carbocycles. The lowest BCUT2D eigenvalue weighted by molar-refractivity contribution is -0.146. The van der Waals surface area contributed by atoms with E-state index in [9.17, 15) is 9.59 Å². The Bertz CT molecular complexity index is 610. The molecule has 0 bridgehead atoms. The molecular weight excluding hydrogens is 270 g/mol. The second kappa shape index (κ2) is 5.24. The number of carbonyl (C=O) groups excluding carboxylic acids is 2. The van der Waals surface area contributed by atoms with Gasteiger partial charge in [0.2, 0.25) is 11.3 Å². The summed E-state index contributed by atoms with van der Waals surface area (Å²) in [6, 6.07) is 5.28. The molecule has 2 unspecified atom stereocenters. The quantitative estimate of drug-likeness (QED) is 0.482. The number of likely N-dealkylation sites (N-methyl/N-ethyl adjacent to an activating group) is 1. The van der Waals surface area contributed by atoms with Gasteiger partial charge in [0, 0.05) is 13.0 Å². The van der Waals surface area contributed by atoms with Gasteiger partial charge in [-0.15, -0.1) is 6.58 Å². The van der Waals surface area contributed by atoms with Crippen LogP contribution in [-0.2, 0) is 9.53 Å². The number of rotatable bonds is 4.